The molecule has 0 saturated carbocycles. The number of phenolic OH excluding ortho intramolecular Hbond substituents is 1. The number of hydrogen-bond donors (Lipinski definition) is 2. The first kappa shape index (κ1) is 14.6. The summed E-state index contributed by atoms with van der Waals surface area (Å²) in [6.45, 7) is 3.56. The summed E-state index contributed by atoms with van der Waals surface area (Å²) in [5.41, 5.74) is 1.09. The molecule has 0 radical (unpaired) electrons. The zero-order valence-electron chi connectivity index (χ0n) is 11.1. The first-order chi connectivity index (χ1) is 9.20. The summed E-state index contributed by atoms with van der Waals surface area (Å²) in [5.74, 6) is 1.35. The van der Waals surface area contributed by atoms with Gasteiger partial charge in [0.2, 0.25) is 0 Å². The molecular formula is C14H20BrNO3. The van der Waals surface area contributed by atoms with E-state index in [-0.39, 0.29) is 5.75 Å². The lowest BCUT2D eigenvalue weighted by atomic mass is 10.1. The Kier molecular flexibility index (Phi) is 5.48. The van der Waals surface area contributed by atoms with Gasteiger partial charge in [-0.1, -0.05) is 0 Å². The maximum Gasteiger partial charge on any atom is 0.172 e. The van der Waals surface area contributed by atoms with Crippen LogP contribution >= 0.6 is 15.9 Å². The summed E-state index contributed by atoms with van der Waals surface area (Å²) >= 11 is 3.33. The molecule has 1 aliphatic heterocycles. The molecule has 106 valence electrons. The van der Waals surface area contributed by atoms with Crippen LogP contribution in [0.2, 0.25) is 0 Å². The van der Waals surface area contributed by atoms with Crippen LogP contribution < -0.4 is 10.1 Å². The molecule has 0 aliphatic carbocycles. The average Bonchev–Trinajstić information content (AvgIpc) is 2.91. The Bertz CT molecular complexity index is 419. The van der Waals surface area contributed by atoms with Crippen LogP contribution in [0.4, 0.5) is 0 Å². The van der Waals surface area contributed by atoms with Gasteiger partial charge in [0.25, 0.3) is 0 Å². The normalized spacial score (nSPS) is 18.7. The van der Waals surface area contributed by atoms with Crippen molar-refractivity contribution in [1.29, 1.82) is 0 Å². The molecule has 0 amide bonds. The smallest absolute Gasteiger partial charge is 0.172 e. The van der Waals surface area contributed by atoms with Crippen molar-refractivity contribution in [1.82, 2.24) is 5.32 Å². The van der Waals surface area contributed by atoms with Gasteiger partial charge in [-0.25, -0.2) is 0 Å². The fourth-order valence-corrected chi connectivity index (χ4v) is 2.72. The highest BCUT2D eigenvalue weighted by Crippen LogP contribution is 2.35. The van der Waals surface area contributed by atoms with Gasteiger partial charge in [-0.05, 0) is 58.9 Å². The summed E-state index contributed by atoms with van der Waals surface area (Å²) < 4.78 is 11.1. The highest BCUT2D eigenvalue weighted by atomic mass is 79.9. The van der Waals surface area contributed by atoms with Gasteiger partial charge in [0.1, 0.15) is 0 Å². The third kappa shape index (κ3) is 4.09. The van der Waals surface area contributed by atoms with Gasteiger partial charge in [-0.15, -0.1) is 0 Å². The molecule has 19 heavy (non-hydrogen) atoms. The third-order valence-electron chi connectivity index (χ3n) is 3.39. The van der Waals surface area contributed by atoms with E-state index in [4.69, 9.17) is 9.47 Å². The van der Waals surface area contributed by atoms with E-state index in [1.165, 1.54) is 6.42 Å². The topological polar surface area (TPSA) is 50.7 Å². The molecule has 1 heterocycles. The van der Waals surface area contributed by atoms with Crippen LogP contribution in [0, 0.1) is 5.92 Å². The van der Waals surface area contributed by atoms with Gasteiger partial charge in [0, 0.05) is 19.8 Å². The van der Waals surface area contributed by atoms with Gasteiger partial charge in [0.15, 0.2) is 11.5 Å². The quantitative estimate of drug-likeness (QED) is 0.788. The molecule has 1 saturated heterocycles. The lowest BCUT2D eigenvalue weighted by molar-refractivity contribution is 0.184. The number of aromatic hydroxyl groups is 1. The summed E-state index contributed by atoms with van der Waals surface area (Å²) in [7, 11) is 1.55. The Labute approximate surface area is 122 Å². The molecule has 1 fully saturated rings. The minimum Gasteiger partial charge on any atom is -0.503 e. The van der Waals surface area contributed by atoms with Crippen LogP contribution in [0.5, 0.6) is 11.5 Å². The number of nitrogens with one attached hydrogen (secondary N) is 1. The SMILES string of the molecule is COc1cc(CNCCC2CCOC2)cc(Br)c1O. The Morgan fingerprint density at radius 1 is 1.53 bits per heavy atom. The van der Waals surface area contributed by atoms with Crippen LogP contribution in [-0.2, 0) is 11.3 Å². The predicted molar refractivity (Wildman–Crippen MR) is 77.6 cm³/mol. The van der Waals surface area contributed by atoms with Crippen molar-refractivity contribution in [3.8, 4) is 11.5 Å². The number of hydrogen-bond acceptors (Lipinski definition) is 4. The molecule has 1 aromatic carbocycles. The van der Waals surface area contributed by atoms with E-state index in [1.54, 1.807) is 7.11 Å². The van der Waals surface area contributed by atoms with Crippen LogP contribution in [0.3, 0.4) is 0 Å². The number of rotatable bonds is 6. The summed E-state index contributed by atoms with van der Waals surface area (Å²) in [5, 5.41) is 13.1. The number of benzene rings is 1. The maximum atomic E-state index is 9.73. The zero-order chi connectivity index (χ0) is 13.7. The fraction of sp³-hybridized carbons (Fsp3) is 0.571. The van der Waals surface area contributed by atoms with Crippen molar-refractivity contribution in [3.63, 3.8) is 0 Å². The lowest BCUT2D eigenvalue weighted by Gasteiger charge is -2.11. The maximum absolute atomic E-state index is 9.73. The van der Waals surface area contributed by atoms with Crippen molar-refractivity contribution in [3.05, 3.63) is 22.2 Å². The van der Waals surface area contributed by atoms with E-state index < -0.39 is 0 Å². The van der Waals surface area contributed by atoms with Gasteiger partial charge in [-0.2, -0.15) is 0 Å². The van der Waals surface area contributed by atoms with Crippen molar-refractivity contribution in [2.24, 2.45) is 5.92 Å². The molecule has 1 unspecified atom stereocenters. The molecule has 1 aliphatic rings. The van der Waals surface area contributed by atoms with Crippen LogP contribution in [0.25, 0.3) is 0 Å². The molecule has 1 atom stereocenters. The highest BCUT2D eigenvalue weighted by molar-refractivity contribution is 9.10. The fourth-order valence-electron chi connectivity index (χ4n) is 2.23. The average molecular weight is 330 g/mol. The van der Waals surface area contributed by atoms with E-state index in [9.17, 15) is 5.11 Å². The monoisotopic (exact) mass is 329 g/mol. The third-order valence-corrected chi connectivity index (χ3v) is 4.00. The minimum absolute atomic E-state index is 0.148. The van der Waals surface area contributed by atoms with Gasteiger partial charge < -0.3 is 19.9 Å². The first-order valence-electron chi connectivity index (χ1n) is 6.54. The number of ether oxygens (including phenoxy) is 2. The van der Waals surface area contributed by atoms with Crippen molar-refractivity contribution >= 4 is 15.9 Å². The second-order valence-electron chi connectivity index (χ2n) is 4.82. The van der Waals surface area contributed by atoms with Crippen molar-refractivity contribution in [2.75, 3.05) is 26.9 Å². The predicted octanol–water partition coefficient (Wildman–Crippen LogP) is 2.68. The van der Waals surface area contributed by atoms with E-state index in [1.807, 2.05) is 12.1 Å². The molecule has 2 N–H and O–H groups in total. The minimum atomic E-state index is 0.148. The number of halogens is 1. The second kappa shape index (κ2) is 7.12. The van der Waals surface area contributed by atoms with Gasteiger partial charge >= 0.3 is 0 Å². The standard InChI is InChI=1S/C14H20BrNO3/c1-18-13-7-11(6-12(15)14(13)17)8-16-4-2-10-3-5-19-9-10/h6-7,10,16-17H,2-5,8-9H2,1H3. The summed E-state index contributed by atoms with van der Waals surface area (Å²) in [6, 6.07) is 3.76. The van der Waals surface area contributed by atoms with E-state index >= 15 is 0 Å². The molecular weight excluding hydrogens is 310 g/mol. The lowest BCUT2D eigenvalue weighted by Crippen LogP contribution is -2.18. The van der Waals surface area contributed by atoms with E-state index in [2.05, 4.69) is 21.2 Å². The largest absolute Gasteiger partial charge is 0.503 e. The molecule has 5 heteroatoms. The summed E-state index contributed by atoms with van der Waals surface area (Å²) in [6.07, 6.45) is 2.33. The van der Waals surface area contributed by atoms with Crippen LogP contribution in [-0.4, -0.2) is 32.0 Å². The molecule has 1 aromatic rings. The van der Waals surface area contributed by atoms with Gasteiger partial charge in [0.05, 0.1) is 11.6 Å². The number of phenols is 1. The van der Waals surface area contributed by atoms with E-state index in [0.717, 1.165) is 38.3 Å². The zero-order valence-corrected chi connectivity index (χ0v) is 12.7. The Morgan fingerprint density at radius 3 is 3.05 bits per heavy atom. The Morgan fingerprint density at radius 2 is 2.37 bits per heavy atom. The Balaban J connectivity index is 1.80. The molecule has 0 spiro atoms. The van der Waals surface area contributed by atoms with Crippen molar-refractivity contribution in [2.45, 2.75) is 19.4 Å². The molecule has 4 nitrogen and oxygen atoms in total. The summed E-state index contributed by atoms with van der Waals surface area (Å²) in [4.78, 5) is 0. The molecule has 2 rings (SSSR count). The molecule has 0 bridgehead atoms. The first-order valence-corrected chi connectivity index (χ1v) is 7.34. The second-order valence-corrected chi connectivity index (χ2v) is 5.68. The van der Waals surface area contributed by atoms with Crippen molar-refractivity contribution < 1.29 is 14.6 Å². The Hall–Kier alpha value is -0.780. The van der Waals surface area contributed by atoms with E-state index in [0.29, 0.717) is 16.1 Å². The molecule has 0 aromatic heterocycles. The highest BCUT2D eigenvalue weighted by Gasteiger charge is 2.14. The van der Waals surface area contributed by atoms with Gasteiger partial charge in [-0.3, -0.25) is 0 Å². The number of methoxy groups -OCH3 is 1. The van der Waals surface area contributed by atoms with Crippen LogP contribution in [0.15, 0.2) is 16.6 Å². The van der Waals surface area contributed by atoms with Crippen LogP contribution in [0.1, 0.15) is 18.4 Å².